The maximum atomic E-state index is 9.61. The number of fused-ring (bicyclic) bond motifs is 1. The highest BCUT2D eigenvalue weighted by Gasteiger charge is 2.29. The molecule has 0 amide bonds. The third-order valence-electron chi connectivity index (χ3n) is 4.82. The Morgan fingerprint density at radius 1 is 1.29 bits per heavy atom. The zero-order valence-corrected chi connectivity index (χ0v) is 13.0. The van der Waals surface area contributed by atoms with Crippen molar-refractivity contribution in [2.75, 3.05) is 19.7 Å². The number of halogens is 1. The summed E-state index contributed by atoms with van der Waals surface area (Å²) in [5.74, 6) is 1.15. The van der Waals surface area contributed by atoms with Crippen LogP contribution in [-0.2, 0) is 0 Å². The van der Waals surface area contributed by atoms with Crippen molar-refractivity contribution in [2.45, 2.75) is 25.2 Å². The van der Waals surface area contributed by atoms with Gasteiger partial charge in [0.2, 0.25) is 0 Å². The second-order valence-electron chi connectivity index (χ2n) is 6.10. The lowest BCUT2D eigenvalue weighted by atomic mass is 9.76. The smallest absolute Gasteiger partial charge is 0.0684 e. The van der Waals surface area contributed by atoms with Gasteiger partial charge in [0.15, 0.2) is 0 Å². The highest BCUT2D eigenvalue weighted by molar-refractivity contribution is 6.30. The van der Waals surface area contributed by atoms with Crippen molar-refractivity contribution in [1.82, 2.24) is 5.32 Å². The first kappa shape index (κ1) is 14.8. The molecule has 1 aliphatic carbocycles. The van der Waals surface area contributed by atoms with E-state index in [-0.39, 0.29) is 6.61 Å². The summed E-state index contributed by atoms with van der Waals surface area (Å²) < 4.78 is 0. The van der Waals surface area contributed by atoms with Gasteiger partial charge < -0.3 is 10.4 Å². The molecule has 2 aliphatic rings. The average Bonchev–Trinajstić information content (AvgIpc) is 2.64. The Morgan fingerprint density at radius 3 is 2.76 bits per heavy atom. The van der Waals surface area contributed by atoms with Crippen molar-refractivity contribution in [3.63, 3.8) is 0 Å². The van der Waals surface area contributed by atoms with Crippen molar-refractivity contribution in [1.29, 1.82) is 0 Å². The Bertz CT molecular complexity index is 573. The van der Waals surface area contributed by atoms with E-state index in [9.17, 15) is 5.11 Å². The van der Waals surface area contributed by atoms with Crippen molar-refractivity contribution in [3.8, 4) is 0 Å². The molecule has 0 spiro atoms. The van der Waals surface area contributed by atoms with Crippen LogP contribution in [0.5, 0.6) is 0 Å². The fourth-order valence-corrected chi connectivity index (χ4v) is 3.81. The molecule has 1 aromatic carbocycles. The first-order chi connectivity index (χ1) is 10.2. The van der Waals surface area contributed by atoms with Gasteiger partial charge in [0.05, 0.1) is 6.61 Å². The Morgan fingerprint density at radius 2 is 2.05 bits per heavy atom. The number of aliphatic hydroxyl groups excluding tert-OH is 1. The summed E-state index contributed by atoms with van der Waals surface area (Å²) in [5, 5.41) is 13.8. The predicted molar refractivity (Wildman–Crippen MR) is 88.6 cm³/mol. The van der Waals surface area contributed by atoms with Gasteiger partial charge in [-0.2, -0.15) is 0 Å². The van der Waals surface area contributed by atoms with E-state index in [1.807, 2.05) is 12.1 Å². The summed E-state index contributed by atoms with van der Waals surface area (Å²) in [6, 6.07) is 6.16. The number of rotatable bonds is 2. The zero-order valence-electron chi connectivity index (χ0n) is 12.2. The predicted octanol–water partition coefficient (Wildman–Crippen LogP) is 3.76. The molecule has 1 atom stereocenters. The van der Waals surface area contributed by atoms with Gasteiger partial charge in [-0.1, -0.05) is 24.2 Å². The molecule has 3 heteroatoms. The van der Waals surface area contributed by atoms with E-state index in [2.05, 4.69) is 24.0 Å². The summed E-state index contributed by atoms with van der Waals surface area (Å²) in [6.07, 6.45) is 5.40. The Kier molecular flexibility index (Phi) is 4.48. The van der Waals surface area contributed by atoms with Crippen LogP contribution in [-0.4, -0.2) is 24.8 Å². The van der Waals surface area contributed by atoms with Crippen LogP contribution in [0.3, 0.4) is 0 Å². The fourth-order valence-electron chi connectivity index (χ4n) is 3.63. The quantitative estimate of drug-likeness (QED) is 0.872. The van der Waals surface area contributed by atoms with Crippen molar-refractivity contribution in [2.24, 2.45) is 5.92 Å². The lowest BCUT2D eigenvalue weighted by Gasteiger charge is -2.31. The molecule has 1 heterocycles. The topological polar surface area (TPSA) is 32.3 Å². The maximum Gasteiger partial charge on any atom is 0.0684 e. The number of piperidine rings is 1. The second-order valence-corrected chi connectivity index (χ2v) is 6.54. The average molecular weight is 304 g/mol. The molecular formula is C18H22ClNO. The monoisotopic (exact) mass is 303 g/mol. The van der Waals surface area contributed by atoms with Crippen LogP contribution in [0.15, 0.2) is 35.9 Å². The minimum Gasteiger partial charge on any atom is -0.392 e. The summed E-state index contributed by atoms with van der Waals surface area (Å²) in [7, 11) is 0. The normalized spacial score (nSPS) is 23.4. The van der Waals surface area contributed by atoms with Gasteiger partial charge in [-0.15, -0.1) is 0 Å². The van der Waals surface area contributed by atoms with Gasteiger partial charge in [0, 0.05) is 5.02 Å². The Labute approximate surface area is 131 Å². The number of hydrogen-bond donors (Lipinski definition) is 2. The summed E-state index contributed by atoms with van der Waals surface area (Å²) in [6.45, 7) is 6.43. The molecule has 2 N–H and O–H groups in total. The van der Waals surface area contributed by atoms with Crippen LogP contribution in [0.2, 0.25) is 5.02 Å². The molecule has 0 radical (unpaired) electrons. The minimum atomic E-state index is 0.0454. The number of aliphatic hydroxyl groups is 1. The van der Waals surface area contributed by atoms with Crippen molar-refractivity contribution >= 4 is 17.7 Å². The highest BCUT2D eigenvalue weighted by Crippen LogP contribution is 2.42. The minimum absolute atomic E-state index is 0.0454. The number of nitrogens with one attached hydrogen (secondary N) is 1. The molecule has 2 nitrogen and oxygen atoms in total. The van der Waals surface area contributed by atoms with E-state index in [0.29, 0.717) is 11.8 Å². The van der Waals surface area contributed by atoms with Crippen LogP contribution >= 0.6 is 11.6 Å². The van der Waals surface area contributed by atoms with Crippen LogP contribution in [0.4, 0.5) is 0 Å². The number of hydrogen-bond acceptors (Lipinski definition) is 2. The zero-order chi connectivity index (χ0) is 14.8. The molecule has 1 aliphatic heterocycles. The highest BCUT2D eigenvalue weighted by atomic mass is 35.5. The van der Waals surface area contributed by atoms with Gasteiger partial charge >= 0.3 is 0 Å². The van der Waals surface area contributed by atoms with E-state index in [0.717, 1.165) is 41.2 Å². The van der Waals surface area contributed by atoms with E-state index >= 15 is 0 Å². The van der Waals surface area contributed by atoms with E-state index in [4.69, 9.17) is 11.6 Å². The standard InChI is InChI=1S/C18H22ClNO/c1-12-8-18(13-4-6-20-7-5-13)17-3-2-16(19)10-14(17)9-15(12)11-21/h2-3,9-10,13,18,20-21H,1,4-8,11H2. The molecule has 0 saturated carbocycles. The third kappa shape index (κ3) is 3.08. The van der Waals surface area contributed by atoms with E-state index in [1.54, 1.807) is 0 Å². The molecule has 1 aromatic rings. The van der Waals surface area contributed by atoms with Gasteiger partial charge in [-0.3, -0.25) is 0 Å². The van der Waals surface area contributed by atoms with Crippen LogP contribution in [0, 0.1) is 5.92 Å². The molecule has 21 heavy (non-hydrogen) atoms. The molecule has 112 valence electrons. The summed E-state index contributed by atoms with van der Waals surface area (Å²) >= 11 is 6.17. The van der Waals surface area contributed by atoms with Gasteiger partial charge in [0.1, 0.15) is 0 Å². The van der Waals surface area contributed by atoms with Crippen LogP contribution in [0.25, 0.3) is 6.08 Å². The summed E-state index contributed by atoms with van der Waals surface area (Å²) in [4.78, 5) is 0. The van der Waals surface area contributed by atoms with Gasteiger partial charge in [-0.05, 0) is 84.7 Å². The van der Waals surface area contributed by atoms with Crippen molar-refractivity contribution < 1.29 is 5.11 Å². The molecule has 1 unspecified atom stereocenters. The molecule has 3 rings (SSSR count). The van der Waals surface area contributed by atoms with E-state index in [1.165, 1.54) is 18.4 Å². The van der Waals surface area contributed by atoms with Crippen LogP contribution < -0.4 is 5.32 Å². The third-order valence-corrected chi connectivity index (χ3v) is 5.06. The Balaban J connectivity index is 2.02. The lowest BCUT2D eigenvalue weighted by Crippen LogP contribution is -2.31. The molecule has 1 saturated heterocycles. The van der Waals surface area contributed by atoms with Gasteiger partial charge in [0.25, 0.3) is 0 Å². The lowest BCUT2D eigenvalue weighted by molar-refractivity contribution is 0.312. The van der Waals surface area contributed by atoms with Crippen molar-refractivity contribution in [3.05, 3.63) is 52.1 Å². The van der Waals surface area contributed by atoms with Gasteiger partial charge in [-0.25, -0.2) is 0 Å². The maximum absolute atomic E-state index is 9.61. The van der Waals surface area contributed by atoms with Crippen LogP contribution in [0.1, 0.15) is 36.3 Å². The molecular weight excluding hydrogens is 282 g/mol. The molecule has 0 aromatic heterocycles. The first-order valence-electron chi connectivity index (χ1n) is 7.69. The second kappa shape index (κ2) is 6.35. The SMILES string of the molecule is C=C1CC(C2CCNCC2)c2ccc(Cl)cc2C=C1CO. The number of benzene rings is 1. The van der Waals surface area contributed by atoms with E-state index < -0.39 is 0 Å². The molecule has 0 bridgehead atoms. The first-order valence-corrected chi connectivity index (χ1v) is 8.06. The largest absolute Gasteiger partial charge is 0.392 e. The summed E-state index contributed by atoms with van der Waals surface area (Å²) in [5.41, 5.74) is 4.51. The Hall–Kier alpha value is -1.09. The fraction of sp³-hybridized carbons (Fsp3) is 0.444. The molecule has 1 fully saturated rings.